The zero-order valence-electron chi connectivity index (χ0n) is 11.6. The van der Waals surface area contributed by atoms with Crippen LogP contribution in [-0.2, 0) is 23.8 Å². The summed E-state index contributed by atoms with van der Waals surface area (Å²) in [5.74, 6) is 1.07. The van der Waals surface area contributed by atoms with Gasteiger partial charge in [-0.2, -0.15) is 0 Å². The molecule has 0 rings (SSSR count). The van der Waals surface area contributed by atoms with Gasteiger partial charge in [-0.15, -0.1) is 0 Å². The summed E-state index contributed by atoms with van der Waals surface area (Å²) >= 11 is 0. The molecule has 0 N–H and O–H groups in total. The predicted molar refractivity (Wildman–Crippen MR) is 65.5 cm³/mol. The fourth-order valence-corrected chi connectivity index (χ4v) is 0.988. The van der Waals surface area contributed by atoms with Gasteiger partial charge in [0.05, 0.1) is 19.8 Å². The summed E-state index contributed by atoms with van der Waals surface area (Å²) in [5.41, 5.74) is -0.560. The van der Waals surface area contributed by atoms with E-state index < -0.39 is 23.6 Å². The zero-order valence-corrected chi connectivity index (χ0v) is 11.6. The number of carbonyl (C=O) groups is 2. The van der Waals surface area contributed by atoms with Crippen LogP contribution < -0.4 is 0 Å². The van der Waals surface area contributed by atoms with Crippen molar-refractivity contribution in [3.8, 4) is 0 Å². The highest BCUT2D eigenvalue weighted by Crippen LogP contribution is 2.09. The number of hydrogen-bond donors (Lipinski definition) is 0. The Balaban J connectivity index is 5.55. The summed E-state index contributed by atoms with van der Waals surface area (Å²) in [7, 11) is 3.68. The Labute approximate surface area is 107 Å². The van der Waals surface area contributed by atoms with E-state index in [9.17, 15) is 9.59 Å². The topological polar surface area (TPSA) is 74.2 Å². The number of nitrogens with zero attached hydrogens (tertiary/aromatic N) is 1. The van der Waals surface area contributed by atoms with Crippen LogP contribution in [0.5, 0.6) is 0 Å². The molecule has 18 heavy (non-hydrogen) atoms. The SMILES string of the molecule is COC(=O)C(=C=NC(C)(C)C)C(OC)C(=O)OC. The van der Waals surface area contributed by atoms with Crippen molar-refractivity contribution in [3.63, 3.8) is 0 Å². The summed E-state index contributed by atoms with van der Waals surface area (Å²) in [6, 6.07) is 0. The van der Waals surface area contributed by atoms with Crippen molar-refractivity contribution in [2.24, 2.45) is 4.99 Å². The lowest BCUT2D eigenvalue weighted by molar-refractivity contribution is -0.153. The molecule has 0 aromatic heterocycles. The van der Waals surface area contributed by atoms with Crippen molar-refractivity contribution in [2.45, 2.75) is 32.4 Å². The first-order valence-electron chi connectivity index (χ1n) is 5.30. The van der Waals surface area contributed by atoms with Crippen molar-refractivity contribution in [2.75, 3.05) is 21.3 Å². The van der Waals surface area contributed by atoms with E-state index in [2.05, 4.69) is 20.3 Å². The van der Waals surface area contributed by atoms with E-state index in [1.807, 2.05) is 20.8 Å². The number of carbonyl (C=O) groups excluding carboxylic acids is 2. The summed E-state index contributed by atoms with van der Waals surface area (Å²) in [6.07, 6.45) is -1.20. The Morgan fingerprint density at radius 1 is 1.11 bits per heavy atom. The van der Waals surface area contributed by atoms with E-state index in [0.717, 1.165) is 0 Å². The summed E-state index contributed by atoms with van der Waals surface area (Å²) < 4.78 is 14.0. The molecule has 0 heterocycles. The minimum Gasteiger partial charge on any atom is -0.467 e. The predicted octanol–water partition coefficient (Wildman–Crippen LogP) is 0.742. The number of esters is 2. The largest absolute Gasteiger partial charge is 0.467 e. The van der Waals surface area contributed by atoms with Crippen LogP contribution in [0.1, 0.15) is 20.8 Å². The number of ether oxygens (including phenoxy) is 3. The molecular weight excluding hydrogens is 238 g/mol. The molecule has 0 saturated carbocycles. The molecule has 6 nitrogen and oxygen atoms in total. The lowest BCUT2D eigenvalue weighted by Crippen LogP contribution is -2.31. The lowest BCUT2D eigenvalue weighted by Gasteiger charge is -2.14. The lowest BCUT2D eigenvalue weighted by atomic mass is 10.1. The van der Waals surface area contributed by atoms with Crippen LogP contribution in [0.4, 0.5) is 0 Å². The van der Waals surface area contributed by atoms with Gasteiger partial charge in [0.25, 0.3) is 0 Å². The van der Waals surface area contributed by atoms with E-state index in [1.165, 1.54) is 21.3 Å². The van der Waals surface area contributed by atoms with Gasteiger partial charge in [0.15, 0.2) is 6.10 Å². The Hall–Kier alpha value is -1.65. The Kier molecular flexibility index (Phi) is 6.30. The van der Waals surface area contributed by atoms with Gasteiger partial charge in [0.1, 0.15) is 5.57 Å². The van der Waals surface area contributed by atoms with Crippen molar-refractivity contribution in [3.05, 3.63) is 5.57 Å². The monoisotopic (exact) mass is 257 g/mol. The van der Waals surface area contributed by atoms with Gasteiger partial charge in [0, 0.05) is 7.11 Å². The molecule has 0 radical (unpaired) electrons. The molecule has 0 amide bonds. The minimum absolute atomic E-state index is 0.123. The molecule has 0 aromatic rings. The Morgan fingerprint density at radius 3 is 2.00 bits per heavy atom. The summed E-state index contributed by atoms with van der Waals surface area (Å²) in [5, 5.41) is 0. The molecule has 0 aliphatic rings. The van der Waals surface area contributed by atoms with Gasteiger partial charge in [0.2, 0.25) is 0 Å². The van der Waals surface area contributed by atoms with Gasteiger partial charge in [-0.3, -0.25) is 0 Å². The third-order valence-electron chi connectivity index (χ3n) is 1.83. The van der Waals surface area contributed by atoms with E-state index in [4.69, 9.17) is 4.74 Å². The first-order valence-corrected chi connectivity index (χ1v) is 5.30. The average molecular weight is 257 g/mol. The smallest absolute Gasteiger partial charge is 0.346 e. The molecule has 0 bridgehead atoms. The first-order chi connectivity index (χ1) is 8.26. The van der Waals surface area contributed by atoms with Crippen molar-refractivity contribution < 1.29 is 23.8 Å². The third kappa shape index (κ3) is 5.12. The quantitative estimate of drug-likeness (QED) is 0.422. The zero-order chi connectivity index (χ0) is 14.3. The van der Waals surface area contributed by atoms with E-state index in [1.54, 1.807) is 0 Å². The minimum atomic E-state index is -1.20. The Morgan fingerprint density at radius 2 is 1.67 bits per heavy atom. The fraction of sp³-hybridized carbons (Fsp3) is 0.667. The highest BCUT2D eigenvalue weighted by atomic mass is 16.6. The molecule has 1 atom stereocenters. The number of aliphatic imine (C=N–C) groups is 1. The maximum atomic E-state index is 11.6. The van der Waals surface area contributed by atoms with Crippen molar-refractivity contribution in [1.29, 1.82) is 0 Å². The normalized spacial score (nSPS) is 12.1. The number of rotatable bonds is 4. The van der Waals surface area contributed by atoms with Gasteiger partial charge in [-0.1, -0.05) is 0 Å². The molecule has 0 aromatic carbocycles. The van der Waals surface area contributed by atoms with Crippen LogP contribution in [0, 0.1) is 0 Å². The molecule has 0 spiro atoms. The van der Waals surface area contributed by atoms with Crippen LogP contribution in [0.2, 0.25) is 0 Å². The number of methoxy groups -OCH3 is 3. The van der Waals surface area contributed by atoms with Crippen LogP contribution in [0.3, 0.4) is 0 Å². The molecule has 6 heteroatoms. The molecule has 0 fully saturated rings. The van der Waals surface area contributed by atoms with Crippen molar-refractivity contribution in [1.82, 2.24) is 0 Å². The van der Waals surface area contributed by atoms with E-state index in [-0.39, 0.29) is 5.57 Å². The molecular formula is C12H19NO5. The maximum Gasteiger partial charge on any atom is 0.346 e. The highest BCUT2D eigenvalue weighted by Gasteiger charge is 2.30. The average Bonchev–Trinajstić information content (AvgIpc) is 2.31. The summed E-state index contributed by atoms with van der Waals surface area (Å²) in [6.45, 7) is 5.48. The van der Waals surface area contributed by atoms with Gasteiger partial charge < -0.3 is 14.2 Å². The van der Waals surface area contributed by atoms with Crippen LogP contribution >= 0.6 is 0 Å². The second kappa shape index (κ2) is 6.93. The maximum absolute atomic E-state index is 11.6. The molecule has 0 aliphatic carbocycles. The first kappa shape index (κ1) is 16.4. The van der Waals surface area contributed by atoms with Crippen LogP contribution in [-0.4, -0.2) is 50.8 Å². The fourth-order valence-electron chi connectivity index (χ4n) is 0.988. The van der Waals surface area contributed by atoms with E-state index >= 15 is 0 Å². The molecule has 1 unspecified atom stereocenters. The standard InChI is InChI=1S/C12H19NO5/c1-12(2,3)13-7-8(10(14)17-5)9(16-4)11(15)18-6/h9H,1-6H3. The second-order valence-corrected chi connectivity index (χ2v) is 4.44. The van der Waals surface area contributed by atoms with Gasteiger partial charge >= 0.3 is 11.9 Å². The molecule has 102 valence electrons. The summed E-state index contributed by atoms with van der Waals surface area (Å²) in [4.78, 5) is 27.1. The second-order valence-electron chi connectivity index (χ2n) is 4.44. The molecule has 0 aliphatic heterocycles. The van der Waals surface area contributed by atoms with Crippen LogP contribution in [0.15, 0.2) is 10.6 Å². The van der Waals surface area contributed by atoms with Gasteiger partial charge in [-0.05, 0) is 26.6 Å². The number of hydrogen-bond acceptors (Lipinski definition) is 6. The highest BCUT2D eigenvalue weighted by molar-refractivity contribution is 6.04. The Bertz CT molecular complexity index is 374. The van der Waals surface area contributed by atoms with Gasteiger partial charge in [-0.25, -0.2) is 14.6 Å². The van der Waals surface area contributed by atoms with E-state index in [0.29, 0.717) is 0 Å². The van der Waals surface area contributed by atoms with Crippen molar-refractivity contribution >= 4 is 17.8 Å². The third-order valence-corrected chi connectivity index (χ3v) is 1.83. The molecule has 0 saturated heterocycles. The van der Waals surface area contributed by atoms with Crippen LogP contribution in [0.25, 0.3) is 0 Å².